The molecule has 0 aliphatic heterocycles. The van der Waals surface area contributed by atoms with E-state index >= 15 is 0 Å². The summed E-state index contributed by atoms with van der Waals surface area (Å²) in [5.41, 5.74) is 0. The number of carbonyl (C=O) groups excluding carboxylic acids is 1. The average Bonchev–Trinajstić information content (AvgIpc) is 2.27. The predicted octanol–water partition coefficient (Wildman–Crippen LogP) is 4.59. The van der Waals surface area contributed by atoms with E-state index in [0.717, 1.165) is 12.8 Å². The summed E-state index contributed by atoms with van der Waals surface area (Å²) >= 11 is 0. The molecular weight excluding hydrogens is 200 g/mol. The fraction of sp³-hybridized carbons (Fsp3) is 0.786. The van der Waals surface area contributed by atoms with Crippen LogP contribution < -0.4 is 0 Å². The zero-order chi connectivity index (χ0) is 12.2. The van der Waals surface area contributed by atoms with Gasteiger partial charge >= 0.3 is 5.97 Å². The van der Waals surface area contributed by atoms with Crippen molar-refractivity contribution in [2.75, 3.05) is 0 Å². The molecule has 16 heavy (non-hydrogen) atoms. The third kappa shape index (κ3) is 9.75. The van der Waals surface area contributed by atoms with Crippen LogP contribution in [-0.2, 0) is 9.53 Å². The summed E-state index contributed by atoms with van der Waals surface area (Å²) in [7, 11) is 0. The Morgan fingerprint density at radius 1 is 1.06 bits per heavy atom. The number of rotatable bonds is 9. The summed E-state index contributed by atoms with van der Waals surface area (Å²) in [5.74, 6) is 0.608. The third-order valence-corrected chi connectivity index (χ3v) is 2.67. The molecule has 2 heteroatoms. The fourth-order valence-corrected chi connectivity index (χ4v) is 1.52. The summed E-state index contributed by atoms with van der Waals surface area (Å²) < 4.78 is 5.07. The molecule has 0 aliphatic carbocycles. The number of hydrogen-bond acceptors (Lipinski definition) is 2. The van der Waals surface area contributed by atoms with Crippen LogP contribution in [0, 0.1) is 0 Å². The van der Waals surface area contributed by atoms with E-state index in [1.165, 1.54) is 32.1 Å². The second-order valence-corrected chi connectivity index (χ2v) is 4.24. The monoisotopic (exact) mass is 226 g/mol. The Morgan fingerprint density at radius 3 is 2.19 bits per heavy atom. The normalized spacial score (nSPS) is 11.6. The first kappa shape index (κ1) is 15.2. The molecule has 0 N–H and O–H groups in total. The van der Waals surface area contributed by atoms with Crippen molar-refractivity contribution in [1.82, 2.24) is 0 Å². The van der Waals surface area contributed by atoms with E-state index in [9.17, 15) is 4.79 Å². The topological polar surface area (TPSA) is 26.3 Å². The molecule has 2 nitrogen and oxygen atoms in total. The van der Waals surface area contributed by atoms with Crippen molar-refractivity contribution in [1.29, 1.82) is 0 Å². The quantitative estimate of drug-likeness (QED) is 0.326. The summed E-state index contributed by atoms with van der Waals surface area (Å²) in [6.07, 6.45) is 11.0. The minimum absolute atomic E-state index is 0.0934. The molecule has 0 aromatic rings. The maximum absolute atomic E-state index is 11.3. The molecule has 0 atom stereocenters. The summed E-state index contributed by atoms with van der Waals surface area (Å²) in [6, 6.07) is 0. The van der Waals surface area contributed by atoms with Gasteiger partial charge in [-0.25, -0.2) is 0 Å². The average molecular weight is 226 g/mol. The van der Waals surface area contributed by atoms with Crippen LogP contribution in [0.1, 0.15) is 72.1 Å². The van der Waals surface area contributed by atoms with E-state index in [1.807, 2.05) is 19.9 Å². The number of unbranched alkanes of at least 4 members (excludes halogenated alkanes) is 6. The summed E-state index contributed by atoms with van der Waals surface area (Å²) in [4.78, 5) is 11.3. The van der Waals surface area contributed by atoms with Gasteiger partial charge in [-0.15, -0.1) is 0 Å². The van der Waals surface area contributed by atoms with Gasteiger partial charge in [-0.05, 0) is 26.3 Å². The molecule has 0 aliphatic rings. The lowest BCUT2D eigenvalue weighted by Crippen LogP contribution is -2.02. The highest BCUT2D eigenvalue weighted by Gasteiger charge is 2.02. The van der Waals surface area contributed by atoms with Gasteiger partial charge in [0.05, 0.1) is 0 Å². The van der Waals surface area contributed by atoms with Crippen LogP contribution in [0.4, 0.5) is 0 Å². The van der Waals surface area contributed by atoms with Crippen molar-refractivity contribution in [3.05, 3.63) is 11.8 Å². The second kappa shape index (κ2) is 10.7. The van der Waals surface area contributed by atoms with Crippen molar-refractivity contribution in [2.24, 2.45) is 0 Å². The predicted molar refractivity (Wildman–Crippen MR) is 68.1 cm³/mol. The van der Waals surface area contributed by atoms with Gasteiger partial charge in [-0.2, -0.15) is 0 Å². The SMILES string of the molecule is C/C=C(\C)OC(=O)CCCCCCCCC. The van der Waals surface area contributed by atoms with Crippen molar-refractivity contribution >= 4 is 5.97 Å². The summed E-state index contributed by atoms with van der Waals surface area (Å²) in [6.45, 7) is 5.90. The molecule has 0 aromatic carbocycles. The molecule has 0 spiro atoms. The highest BCUT2D eigenvalue weighted by atomic mass is 16.5. The van der Waals surface area contributed by atoms with Crippen LogP contribution in [0.3, 0.4) is 0 Å². The van der Waals surface area contributed by atoms with Crippen molar-refractivity contribution in [3.8, 4) is 0 Å². The standard InChI is InChI=1S/C14H26O2/c1-4-6-7-8-9-10-11-12-14(15)16-13(3)5-2/h5H,4,6-12H2,1-3H3/b13-5+. The minimum Gasteiger partial charge on any atom is -0.432 e. The van der Waals surface area contributed by atoms with Crippen LogP contribution in [0.5, 0.6) is 0 Å². The molecule has 0 saturated carbocycles. The smallest absolute Gasteiger partial charge is 0.310 e. The Balaban J connectivity index is 3.28. The highest BCUT2D eigenvalue weighted by molar-refractivity contribution is 5.70. The van der Waals surface area contributed by atoms with E-state index in [-0.39, 0.29) is 5.97 Å². The first-order chi connectivity index (χ1) is 7.70. The van der Waals surface area contributed by atoms with Gasteiger partial charge in [-0.1, -0.05) is 45.4 Å². The van der Waals surface area contributed by atoms with Crippen molar-refractivity contribution in [3.63, 3.8) is 0 Å². The zero-order valence-corrected chi connectivity index (χ0v) is 11.1. The highest BCUT2D eigenvalue weighted by Crippen LogP contribution is 2.09. The fourth-order valence-electron chi connectivity index (χ4n) is 1.52. The van der Waals surface area contributed by atoms with Crippen molar-refractivity contribution in [2.45, 2.75) is 72.1 Å². The van der Waals surface area contributed by atoms with E-state index < -0.39 is 0 Å². The summed E-state index contributed by atoms with van der Waals surface area (Å²) in [5, 5.41) is 0. The molecule has 0 bridgehead atoms. The van der Waals surface area contributed by atoms with Crippen LogP contribution in [0.15, 0.2) is 11.8 Å². The van der Waals surface area contributed by atoms with E-state index in [2.05, 4.69) is 6.92 Å². The number of allylic oxidation sites excluding steroid dienone is 2. The molecular formula is C14H26O2. The van der Waals surface area contributed by atoms with Gasteiger partial charge in [0.15, 0.2) is 0 Å². The maximum atomic E-state index is 11.3. The molecule has 0 rings (SSSR count). The second-order valence-electron chi connectivity index (χ2n) is 4.24. The van der Waals surface area contributed by atoms with Gasteiger partial charge < -0.3 is 4.74 Å². The van der Waals surface area contributed by atoms with Gasteiger partial charge in [0.2, 0.25) is 0 Å². The lowest BCUT2D eigenvalue weighted by molar-refractivity contribution is -0.139. The minimum atomic E-state index is -0.0934. The Labute approximate surface area is 100 Å². The molecule has 0 heterocycles. The number of esters is 1. The number of hydrogen-bond donors (Lipinski definition) is 0. The third-order valence-electron chi connectivity index (χ3n) is 2.67. The Morgan fingerprint density at radius 2 is 1.62 bits per heavy atom. The van der Waals surface area contributed by atoms with Crippen molar-refractivity contribution < 1.29 is 9.53 Å². The molecule has 0 saturated heterocycles. The first-order valence-electron chi connectivity index (χ1n) is 6.54. The molecule has 0 unspecified atom stereocenters. The molecule has 0 radical (unpaired) electrons. The van der Waals surface area contributed by atoms with E-state index in [1.54, 1.807) is 0 Å². The molecule has 0 fully saturated rings. The molecule has 0 amide bonds. The zero-order valence-electron chi connectivity index (χ0n) is 11.1. The Hall–Kier alpha value is -0.790. The largest absolute Gasteiger partial charge is 0.432 e. The van der Waals surface area contributed by atoms with Gasteiger partial charge in [0.25, 0.3) is 0 Å². The van der Waals surface area contributed by atoms with Crippen LogP contribution in [-0.4, -0.2) is 5.97 Å². The van der Waals surface area contributed by atoms with Gasteiger partial charge in [0, 0.05) is 6.42 Å². The lowest BCUT2D eigenvalue weighted by atomic mass is 10.1. The van der Waals surface area contributed by atoms with Crippen LogP contribution in [0.25, 0.3) is 0 Å². The Kier molecular flexibility index (Phi) is 10.2. The molecule has 94 valence electrons. The van der Waals surface area contributed by atoms with Crippen LogP contribution >= 0.6 is 0 Å². The number of carbonyl (C=O) groups is 1. The van der Waals surface area contributed by atoms with E-state index in [4.69, 9.17) is 4.74 Å². The van der Waals surface area contributed by atoms with Crippen LogP contribution in [0.2, 0.25) is 0 Å². The maximum Gasteiger partial charge on any atom is 0.310 e. The Bertz CT molecular complexity index is 207. The molecule has 0 aromatic heterocycles. The number of ether oxygens (including phenoxy) is 1. The van der Waals surface area contributed by atoms with Gasteiger partial charge in [0.1, 0.15) is 5.76 Å². The van der Waals surface area contributed by atoms with Gasteiger partial charge in [-0.3, -0.25) is 4.79 Å². The lowest BCUT2D eigenvalue weighted by Gasteiger charge is -2.03. The van der Waals surface area contributed by atoms with E-state index in [0.29, 0.717) is 12.2 Å². The first-order valence-corrected chi connectivity index (χ1v) is 6.54.